The van der Waals surface area contributed by atoms with Gasteiger partial charge in [0.25, 0.3) is 0 Å². The van der Waals surface area contributed by atoms with Crippen LogP contribution in [0, 0.1) is 0 Å². The molecule has 5 N–H and O–H groups in total. The van der Waals surface area contributed by atoms with Gasteiger partial charge in [-0.15, -0.1) is 0 Å². The van der Waals surface area contributed by atoms with Crippen LogP contribution in [0.5, 0.6) is 0 Å². The lowest BCUT2D eigenvalue weighted by Gasteiger charge is -2.12. The minimum absolute atomic E-state index is 0.0261. The third-order valence-electron chi connectivity index (χ3n) is 2.66. The number of carbonyl (C=O) groups excluding carboxylic acids is 1. The highest BCUT2D eigenvalue weighted by Gasteiger charge is 2.14. The van der Waals surface area contributed by atoms with Gasteiger partial charge in [0, 0.05) is 25.4 Å². The molecule has 0 fully saturated rings. The van der Waals surface area contributed by atoms with Gasteiger partial charge in [-0.25, -0.2) is 4.79 Å². The van der Waals surface area contributed by atoms with Crippen molar-refractivity contribution in [1.29, 1.82) is 0 Å². The van der Waals surface area contributed by atoms with Crippen molar-refractivity contribution in [2.45, 2.75) is 25.0 Å². The zero-order valence-electron chi connectivity index (χ0n) is 10.5. The largest absolute Gasteiger partial charge is 0.479 e. The Balaban J connectivity index is 2.30. The second-order valence-electron chi connectivity index (χ2n) is 4.21. The quantitative estimate of drug-likeness (QED) is 0.556. The molecule has 0 heterocycles. The number of aliphatic hydroxyl groups is 1. The minimum Gasteiger partial charge on any atom is -0.479 e. The molecule has 0 saturated heterocycles. The normalized spacial score (nSPS) is 13.6. The minimum atomic E-state index is -1.46. The Morgan fingerprint density at radius 3 is 2.47 bits per heavy atom. The van der Waals surface area contributed by atoms with Gasteiger partial charge >= 0.3 is 5.97 Å². The Hall–Kier alpha value is -1.92. The van der Waals surface area contributed by atoms with Crippen molar-refractivity contribution in [3.63, 3.8) is 0 Å². The van der Waals surface area contributed by atoms with E-state index in [0.29, 0.717) is 0 Å². The monoisotopic (exact) mass is 266 g/mol. The fourth-order valence-corrected chi connectivity index (χ4v) is 1.56. The van der Waals surface area contributed by atoms with Gasteiger partial charge in [-0.2, -0.15) is 0 Å². The van der Waals surface area contributed by atoms with Crippen LogP contribution in [-0.4, -0.2) is 34.7 Å². The number of carboxylic acids is 1. The number of aliphatic carboxylic acids is 1. The summed E-state index contributed by atoms with van der Waals surface area (Å²) in [6.07, 6.45) is -1.36. The molecular weight excluding hydrogens is 248 g/mol. The van der Waals surface area contributed by atoms with Crippen LogP contribution < -0.4 is 11.1 Å². The zero-order chi connectivity index (χ0) is 14.3. The van der Waals surface area contributed by atoms with Crippen LogP contribution in [-0.2, 0) is 9.59 Å². The zero-order valence-corrected chi connectivity index (χ0v) is 10.5. The Bertz CT molecular complexity index is 422. The fraction of sp³-hybridized carbons (Fsp3) is 0.385. The molecule has 0 spiro atoms. The third kappa shape index (κ3) is 5.50. The first-order valence-corrected chi connectivity index (χ1v) is 5.99. The molecule has 19 heavy (non-hydrogen) atoms. The first-order valence-electron chi connectivity index (χ1n) is 5.99. The van der Waals surface area contributed by atoms with Crippen LogP contribution in [0.15, 0.2) is 30.3 Å². The SMILES string of the molecule is NC(CC(=O)NCCC(O)C(=O)O)c1ccccc1. The van der Waals surface area contributed by atoms with E-state index in [2.05, 4.69) is 5.32 Å². The van der Waals surface area contributed by atoms with Crippen LogP contribution in [0.4, 0.5) is 0 Å². The molecule has 6 nitrogen and oxygen atoms in total. The number of amides is 1. The summed E-state index contributed by atoms with van der Waals surface area (Å²) < 4.78 is 0. The van der Waals surface area contributed by atoms with Gasteiger partial charge in [-0.3, -0.25) is 4.79 Å². The van der Waals surface area contributed by atoms with Crippen LogP contribution in [0.2, 0.25) is 0 Å². The van der Waals surface area contributed by atoms with E-state index in [9.17, 15) is 9.59 Å². The number of carbonyl (C=O) groups is 2. The lowest BCUT2D eigenvalue weighted by molar-refractivity contribution is -0.147. The summed E-state index contributed by atoms with van der Waals surface area (Å²) in [5.74, 6) is -1.57. The number of aliphatic hydroxyl groups excluding tert-OH is 1. The number of carboxylic acid groups (broad SMARTS) is 1. The van der Waals surface area contributed by atoms with Gasteiger partial charge in [0.05, 0.1) is 0 Å². The molecular formula is C13H18N2O4. The van der Waals surface area contributed by atoms with Crippen molar-refractivity contribution in [3.05, 3.63) is 35.9 Å². The van der Waals surface area contributed by atoms with E-state index < -0.39 is 18.1 Å². The Kier molecular flexibility index (Phi) is 5.98. The van der Waals surface area contributed by atoms with E-state index in [1.54, 1.807) is 0 Å². The Morgan fingerprint density at radius 1 is 1.26 bits per heavy atom. The highest BCUT2D eigenvalue weighted by Crippen LogP contribution is 2.12. The molecule has 1 amide bonds. The summed E-state index contributed by atoms with van der Waals surface area (Å²) in [6, 6.07) is 8.83. The molecule has 1 aromatic rings. The molecule has 0 radical (unpaired) electrons. The Morgan fingerprint density at radius 2 is 1.89 bits per heavy atom. The van der Waals surface area contributed by atoms with Crippen molar-refractivity contribution >= 4 is 11.9 Å². The number of rotatable bonds is 7. The van der Waals surface area contributed by atoms with Gasteiger partial charge in [-0.1, -0.05) is 30.3 Å². The number of hydrogen-bond donors (Lipinski definition) is 4. The number of benzene rings is 1. The summed E-state index contributed by atoms with van der Waals surface area (Å²) in [5.41, 5.74) is 6.74. The van der Waals surface area contributed by atoms with E-state index in [1.165, 1.54) is 0 Å². The van der Waals surface area contributed by atoms with Gasteiger partial charge < -0.3 is 21.3 Å². The summed E-state index contributed by atoms with van der Waals surface area (Å²) in [5, 5.41) is 20.0. The summed E-state index contributed by atoms with van der Waals surface area (Å²) in [4.78, 5) is 21.9. The number of hydrogen-bond acceptors (Lipinski definition) is 4. The maximum absolute atomic E-state index is 11.6. The lowest BCUT2D eigenvalue weighted by atomic mass is 10.0. The molecule has 0 aliphatic heterocycles. The van der Waals surface area contributed by atoms with Gasteiger partial charge in [-0.05, 0) is 5.56 Å². The average molecular weight is 266 g/mol. The molecule has 104 valence electrons. The predicted molar refractivity (Wildman–Crippen MR) is 69.3 cm³/mol. The number of nitrogens with one attached hydrogen (secondary N) is 1. The maximum atomic E-state index is 11.6. The molecule has 1 aromatic carbocycles. The molecule has 0 aromatic heterocycles. The van der Waals surface area contributed by atoms with Crippen molar-refractivity contribution in [1.82, 2.24) is 5.32 Å². The van der Waals surface area contributed by atoms with E-state index in [4.69, 9.17) is 15.9 Å². The second-order valence-corrected chi connectivity index (χ2v) is 4.21. The first-order chi connectivity index (χ1) is 9.00. The molecule has 0 aliphatic rings. The van der Waals surface area contributed by atoms with Crippen molar-refractivity contribution in [3.8, 4) is 0 Å². The number of nitrogens with two attached hydrogens (primary N) is 1. The third-order valence-corrected chi connectivity index (χ3v) is 2.66. The molecule has 0 aliphatic carbocycles. The van der Waals surface area contributed by atoms with Crippen molar-refractivity contribution < 1.29 is 19.8 Å². The molecule has 2 unspecified atom stereocenters. The topological polar surface area (TPSA) is 113 Å². The van der Waals surface area contributed by atoms with Crippen LogP contribution >= 0.6 is 0 Å². The molecule has 0 bridgehead atoms. The van der Waals surface area contributed by atoms with E-state index >= 15 is 0 Å². The van der Waals surface area contributed by atoms with E-state index in [-0.39, 0.29) is 25.3 Å². The average Bonchev–Trinajstić information content (AvgIpc) is 2.39. The molecule has 1 rings (SSSR count). The highest BCUT2D eigenvalue weighted by molar-refractivity contribution is 5.77. The second kappa shape index (κ2) is 7.50. The fourth-order valence-electron chi connectivity index (χ4n) is 1.56. The standard InChI is InChI=1S/C13H18N2O4/c14-10(9-4-2-1-3-5-9)8-12(17)15-7-6-11(16)13(18)19/h1-5,10-11,16H,6-8,14H2,(H,15,17)(H,18,19). The lowest BCUT2D eigenvalue weighted by Crippen LogP contribution is -2.31. The maximum Gasteiger partial charge on any atom is 0.332 e. The van der Waals surface area contributed by atoms with Gasteiger partial charge in [0.2, 0.25) is 5.91 Å². The van der Waals surface area contributed by atoms with Gasteiger partial charge in [0.15, 0.2) is 6.10 Å². The predicted octanol–water partition coefficient (Wildman–Crippen LogP) is 0.0283. The summed E-state index contributed by atoms with van der Waals surface area (Å²) in [7, 11) is 0. The van der Waals surface area contributed by atoms with Crippen LogP contribution in [0.25, 0.3) is 0 Å². The molecule has 2 atom stereocenters. The molecule has 6 heteroatoms. The summed E-state index contributed by atoms with van der Waals surface area (Å²) in [6.45, 7) is 0.105. The van der Waals surface area contributed by atoms with Gasteiger partial charge in [0.1, 0.15) is 0 Å². The Labute approximate surface area is 111 Å². The van der Waals surface area contributed by atoms with Crippen molar-refractivity contribution in [2.75, 3.05) is 6.54 Å². The first kappa shape index (κ1) is 15.1. The van der Waals surface area contributed by atoms with E-state index in [1.807, 2.05) is 30.3 Å². The molecule has 0 saturated carbocycles. The summed E-state index contributed by atoms with van der Waals surface area (Å²) >= 11 is 0. The van der Waals surface area contributed by atoms with Crippen LogP contribution in [0.1, 0.15) is 24.4 Å². The highest BCUT2D eigenvalue weighted by atomic mass is 16.4. The van der Waals surface area contributed by atoms with E-state index in [0.717, 1.165) is 5.56 Å². The smallest absolute Gasteiger partial charge is 0.332 e. The van der Waals surface area contributed by atoms with Crippen molar-refractivity contribution in [2.24, 2.45) is 5.73 Å². The van der Waals surface area contributed by atoms with Crippen LogP contribution in [0.3, 0.4) is 0 Å².